The zero-order valence-electron chi connectivity index (χ0n) is 10.6. The third-order valence-corrected chi connectivity index (χ3v) is 2.56. The molecule has 1 rings (SSSR count). The molecule has 0 aliphatic rings. The van der Waals surface area contributed by atoms with Gasteiger partial charge < -0.3 is 15.2 Å². The summed E-state index contributed by atoms with van der Waals surface area (Å²) in [7, 11) is 1.18. The number of nitrogens with one attached hydrogen (secondary N) is 1. The molecule has 0 spiro atoms. The maximum atomic E-state index is 12.7. The van der Waals surface area contributed by atoms with Gasteiger partial charge in [0, 0.05) is 6.42 Å². The van der Waals surface area contributed by atoms with Crippen LogP contribution in [-0.4, -0.2) is 36.7 Å². The average Bonchev–Trinajstić information content (AvgIpc) is 2.43. The second-order valence-corrected chi connectivity index (χ2v) is 3.95. The molecule has 0 bridgehead atoms. The number of aliphatic hydroxyl groups excluding tert-OH is 1. The van der Waals surface area contributed by atoms with E-state index in [4.69, 9.17) is 5.11 Å². The standard InChI is InChI=1S/C13H16FNO4/c1-19-13(18)11(8-16)15-12(17)7-4-9-2-5-10(14)6-3-9/h2-3,5-6,11,16H,4,7-8H2,1H3,(H,15,17)/t11-/m0/s1. The highest BCUT2D eigenvalue weighted by molar-refractivity contribution is 5.84. The van der Waals surface area contributed by atoms with E-state index in [-0.39, 0.29) is 18.1 Å². The van der Waals surface area contributed by atoms with E-state index < -0.39 is 18.6 Å². The Morgan fingerprint density at radius 3 is 2.53 bits per heavy atom. The van der Waals surface area contributed by atoms with E-state index in [0.29, 0.717) is 6.42 Å². The topological polar surface area (TPSA) is 75.6 Å². The van der Waals surface area contributed by atoms with Gasteiger partial charge in [0.25, 0.3) is 0 Å². The second-order valence-electron chi connectivity index (χ2n) is 3.95. The molecule has 0 radical (unpaired) electrons. The van der Waals surface area contributed by atoms with Gasteiger partial charge in [0.05, 0.1) is 13.7 Å². The van der Waals surface area contributed by atoms with Crippen LogP contribution < -0.4 is 5.32 Å². The van der Waals surface area contributed by atoms with Crippen LogP contribution in [0, 0.1) is 5.82 Å². The largest absolute Gasteiger partial charge is 0.467 e. The van der Waals surface area contributed by atoms with Gasteiger partial charge in [-0.1, -0.05) is 12.1 Å². The molecule has 19 heavy (non-hydrogen) atoms. The lowest BCUT2D eigenvalue weighted by Crippen LogP contribution is -2.44. The molecule has 6 heteroatoms. The van der Waals surface area contributed by atoms with Gasteiger partial charge in [0.15, 0.2) is 6.04 Å². The summed E-state index contributed by atoms with van der Waals surface area (Å²) in [6, 6.07) is 4.76. The fourth-order valence-corrected chi connectivity index (χ4v) is 1.50. The van der Waals surface area contributed by atoms with E-state index >= 15 is 0 Å². The minimum Gasteiger partial charge on any atom is -0.467 e. The van der Waals surface area contributed by atoms with E-state index in [0.717, 1.165) is 5.56 Å². The predicted octanol–water partition coefficient (Wildman–Crippen LogP) is 0.408. The molecule has 0 unspecified atom stereocenters. The van der Waals surface area contributed by atoms with Crippen molar-refractivity contribution in [2.24, 2.45) is 0 Å². The van der Waals surface area contributed by atoms with Gasteiger partial charge in [0.1, 0.15) is 5.82 Å². The number of hydrogen-bond acceptors (Lipinski definition) is 4. The minimum atomic E-state index is -1.05. The summed E-state index contributed by atoms with van der Waals surface area (Å²) in [6.45, 7) is -0.519. The molecule has 0 aliphatic heterocycles. The summed E-state index contributed by atoms with van der Waals surface area (Å²) in [5, 5.41) is 11.3. The molecular formula is C13H16FNO4. The maximum Gasteiger partial charge on any atom is 0.330 e. The van der Waals surface area contributed by atoms with Crippen LogP contribution in [-0.2, 0) is 20.7 Å². The summed E-state index contributed by atoms with van der Waals surface area (Å²) in [4.78, 5) is 22.7. The molecule has 104 valence electrons. The zero-order chi connectivity index (χ0) is 14.3. The lowest BCUT2D eigenvalue weighted by atomic mass is 10.1. The molecule has 0 saturated carbocycles. The highest BCUT2D eigenvalue weighted by Gasteiger charge is 2.19. The van der Waals surface area contributed by atoms with E-state index in [1.54, 1.807) is 12.1 Å². The molecule has 5 nitrogen and oxygen atoms in total. The maximum absolute atomic E-state index is 12.7. The summed E-state index contributed by atoms with van der Waals surface area (Å²) < 4.78 is 17.1. The number of aliphatic hydroxyl groups is 1. The van der Waals surface area contributed by atoms with Gasteiger partial charge in [-0.15, -0.1) is 0 Å². The third-order valence-electron chi connectivity index (χ3n) is 2.56. The number of rotatable bonds is 6. The van der Waals surface area contributed by atoms with Crippen molar-refractivity contribution in [1.82, 2.24) is 5.32 Å². The van der Waals surface area contributed by atoms with Gasteiger partial charge in [-0.2, -0.15) is 0 Å². The predicted molar refractivity (Wildman–Crippen MR) is 65.8 cm³/mol. The first-order chi connectivity index (χ1) is 9.06. The lowest BCUT2D eigenvalue weighted by Gasteiger charge is -2.13. The van der Waals surface area contributed by atoms with Crippen LogP contribution in [0.5, 0.6) is 0 Å². The van der Waals surface area contributed by atoms with Crippen molar-refractivity contribution in [3.8, 4) is 0 Å². The van der Waals surface area contributed by atoms with Crippen molar-refractivity contribution in [2.75, 3.05) is 13.7 Å². The van der Waals surface area contributed by atoms with Gasteiger partial charge in [-0.25, -0.2) is 9.18 Å². The molecule has 0 heterocycles. The van der Waals surface area contributed by atoms with Crippen LogP contribution in [0.15, 0.2) is 24.3 Å². The number of halogens is 1. The first-order valence-corrected chi connectivity index (χ1v) is 5.79. The summed E-state index contributed by atoms with van der Waals surface area (Å²) >= 11 is 0. The average molecular weight is 269 g/mol. The number of amides is 1. The molecule has 1 atom stereocenters. The summed E-state index contributed by atoms with van der Waals surface area (Å²) in [6.07, 6.45) is 0.560. The molecule has 0 aliphatic carbocycles. The highest BCUT2D eigenvalue weighted by atomic mass is 19.1. The monoisotopic (exact) mass is 269 g/mol. The Kier molecular flexibility index (Phi) is 5.95. The summed E-state index contributed by atoms with van der Waals surface area (Å²) in [5.74, 6) is -1.41. The number of carbonyl (C=O) groups is 2. The van der Waals surface area contributed by atoms with E-state index in [1.165, 1.54) is 19.2 Å². The fourth-order valence-electron chi connectivity index (χ4n) is 1.50. The van der Waals surface area contributed by atoms with Gasteiger partial charge in [-0.3, -0.25) is 4.79 Å². The molecule has 0 aromatic heterocycles. The van der Waals surface area contributed by atoms with Gasteiger partial charge in [0.2, 0.25) is 5.91 Å². The van der Waals surface area contributed by atoms with Crippen molar-refractivity contribution in [3.63, 3.8) is 0 Å². The Morgan fingerprint density at radius 1 is 1.37 bits per heavy atom. The smallest absolute Gasteiger partial charge is 0.330 e. The van der Waals surface area contributed by atoms with Crippen LogP contribution in [0.4, 0.5) is 4.39 Å². The number of esters is 1. The minimum absolute atomic E-state index is 0.138. The Morgan fingerprint density at radius 2 is 2.00 bits per heavy atom. The summed E-state index contributed by atoms with van der Waals surface area (Å²) in [5.41, 5.74) is 0.815. The number of carbonyl (C=O) groups excluding carboxylic acids is 2. The molecule has 0 fully saturated rings. The third kappa shape index (κ3) is 5.05. The van der Waals surface area contributed by atoms with Crippen LogP contribution in [0.25, 0.3) is 0 Å². The Balaban J connectivity index is 2.42. The molecule has 0 saturated heterocycles. The van der Waals surface area contributed by atoms with Crippen LogP contribution in [0.2, 0.25) is 0 Å². The molecule has 2 N–H and O–H groups in total. The molecule has 1 amide bonds. The normalized spacial score (nSPS) is 11.7. The van der Waals surface area contributed by atoms with Crippen molar-refractivity contribution >= 4 is 11.9 Å². The number of hydrogen-bond donors (Lipinski definition) is 2. The number of benzene rings is 1. The van der Waals surface area contributed by atoms with E-state index in [2.05, 4.69) is 10.1 Å². The molecule has 1 aromatic rings. The van der Waals surface area contributed by atoms with Crippen LogP contribution in [0.3, 0.4) is 0 Å². The quantitative estimate of drug-likeness (QED) is 0.733. The van der Waals surface area contributed by atoms with Crippen molar-refractivity contribution in [3.05, 3.63) is 35.6 Å². The van der Waals surface area contributed by atoms with E-state index in [1.807, 2.05) is 0 Å². The number of methoxy groups -OCH3 is 1. The van der Waals surface area contributed by atoms with Crippen molar-refractivity contribution < 1.29 is 23.8 Å². The highest BCUT2D eigenvalue weighted by Crippen LogP contribution is 2.05. The van der Waals surface area contributed by atoms with Crippen LogP contribution in [0.1, 0.15) is 12.0 Å². The number of aryl methyl sites for hydroxylation is 1. The van der Waals surface area contributed by atoms with E-state index in [9.17, 15) is 14.0 Å². The molecular weight excluding hydrogens is 253 g/mol. The SMILES string of the molecule is COC(=O)[C@H](CO)NC(=O)CCc1ccc(F)cc1. The van der Waals surface area contributed by atoms with Crippen molar-refractivity contribution in [1.29, 1.82) is 0 Å². The fraction of sp³-hybridized carbons (Fsp3) is 0.385. The zero-order valence-corrected chi connectivity index (χ0v) is 10.6. The van der Waals surface area contributed by atoms with Crippen LogP contribution >= 0.6 is 0 Å². The van der Waals surface area contributed by atoms with Gasteiger partial charge >= 0.3 is 5.97 Å². The second kappa shape index (κ2) is 7.48. The van der Waals surface area contributed by atoms with Gasteiger partial charge in [-0.05, 0) is 24.1 Å². The first kappa shape index (κ1) is 15.1. The number of ether oxygens (including phenoxy) is 1. The van der Waals surface area contributed by atoms with Crippen molar-refractivity contribution in [2.45, 2.75) is 18.9 Å². The Labute approximate surface area is 110 Å². The lowest BCUT2D eigenvalue weighted by molar-refractivity contribution is -0.146. The Bertz CT molecular complexity index is 433. The first-order valence-electron chi connectivity index (χ1n) is 5.79. The Hall–Kier alpha value is -1.95. The molecule has 1 aromatic carbocycles.